The molecule has 0 amide bonds. The van der Waals surface area contributed by atoms with Crippen molar-refractivity contribution in [3.8, 4) is 0 Å². The molecule has 2 heterocycles. The Balaban J connectivity index is 0.000000151. The molecule has 0 radical (unpaired) electrons. The van der Waals surface area contributed by atoms with Gasteiger partial charge in [-0.15, -0.1) is 22.0 Å². The molecular formula is C9H14N4S2. The van der Waals surface area contributed by atoms with E-state index in [0.29, 0.717) is 0 Å². The van der Waals surface area contributed by atoms with Gasteiger partial charge in [0.25, 0.3) is 0 Å². The van der Waals surface area contributed by atoms with Gasteiger partial charge in [-0.25, -0.2) is 0 Å². The van der Waals surface area contributed by atoms with Crippen LogP contribution in [0.15, 0.2) is 28.8 Å². The molecule has 4 nitrogen and oxygen atoms in total. The number of aliphatic imine (C=N–C) groups is 1. The van der Waals surface area contributed by atoms with Crippen LogP contribution in [-0.2, 0) is 7.05 Å². The second kappa shape index (κ2) is 6.68. The molecule has 0 bridgehead atoms. The number of nitrogens with zero attached hydrogens (tertiary/aromatic N) is 4. The third-order valence-corrected chi connectivity index (χ3v) is 3.18. The van der Waals surface area contributed by atoms with Crippen molar-refractivity contribution in [1.82, 2.24) is 14.8 Å². The van der Waals surface area contributed by atoms with Crippen LogP contribution in [-0.4, -0.2) is 32.3 Å². The summed E-state index contributed by atoms with van der Waals surface area (Å²) in [4.78, 5) is 4.05. The quantitative estimate of drug-likeness (QED) is 0.708. The molecule has 0 aromatic carbocycles. The summed E-state index contributed by atoms with van der Waals surface area (Å²) in [6.07, 6.45) is 10.7. The molecule has 0 spiro atoms. The molecule has 6 heteroatoms. The minimum atomic E-state index is 0.949. The van der Waals surface area contributed by atoms with E-state index in [0.717, 1.165) is 11.6 Å². The number of thioether (sulfide) groups is 2. The standard InChI is InChI=1S/C5H7NS.C4H7N3S/c1-7-5-3-2-4-6-5;1-7-3-5-6-4(7)8-2/h2,4H,3H2,1H3;3H,1-2H3. The molecule has 0 aliphatic carbocycles. The topological polar surface area (TPSA) is 43.1 Å². The first-order valence-electron chi connectivity index (χ1n) is 4.41. The molecule has 1 aromatic heterocycles. The summed E-state index contributed by atoms with van der Waals surface area (Å²) in [5, 5.41) is 9.67. The van der Waals surface area contributed by atoms with E-state index in [2.05, 4.69) is 21.3 Å². The highest BCUT2D eigenvalue weighted by molar-refractivity contribution is 8.13. The SMILES string of the molecule is CSC1=NC=CC1.CSc1nncn1C. The third kappa shape index (κ3) is 4.09. The van der Waals surface area contributed by atoms with Crippen LogP contribution < -0.4 is 0 Å². The van der Waals surface area contributed by atoms with Crippen LogP contribution in [0.2, 0.25) is 0 Å². The molecule has 82 valence electrons. The Bertz CT molecular complexity index is 357. The van der Waals surface area contributed by atoms with E-state index in [9.17, 15) is 0 Å². The van der Waals surface area contributed by atoms with Crippen LogP contribution in [0.3, 0.4) is 0 Å². The highest BCUT2D eigenvalue weighted by Crippen LogP contribution is 2.09. The summed E-state index contributed by atoms with van der Waals surface area (Å²) in [7, 11) is 1.92. The molecule has 0 saturated heterocycles. The fourth-order valence-corrected chi connectivity index (χ4v) is 1.83. The van der Waals surface area contributed by atoms with Crippen molar-refractivity contribution in [3.05, 3.63) is 18.6 Å². The first-order chi connectivity index (χ1) is 7.27. The highest BCUT2D eigenvalue weighted by atomic mass is 32.2. The van der Waals surface area contributed by atoms with Crippen molar-refractivity contribution < 1.29 is 0 Å². The summed E-state index contributed by atoms with van der Waals surface area (Å²) in [5.41, 5.74) is 0. The lowest BCUT2D eigenvalue weighted by molar-refractivity contribution is 0.790. The Labute approximate surface area is 98.3 Å². The van der Waals surface area contributed by atoms with Crippen LogP contribution in [0.1, 0.15) is 6.42 Å². The van der Waals surface area contributed by atoms with Gasteiger partial charge in [0.2, 0.25) is 0 Å². The summed E-state index contributed by atoms with van der Waals surface area (Å²) < 4.78 is 1.88. The molecular weight excluding hydrogens is 228 g/mol. The predicted octanol–water partition coefficient (Wildman–Crippen LogP) is 2.20. The Kier molecular flexibility index (Phi) is 5.49. The summed E-state index contributed by atoms with van der Waals surface area (Å²) in [6.45, 7) is 0. The van der Waals surface area contributed by atoms with Crippen molar-refractivity contribution in [1.29, 1.82) is 0 Å². The third-order valence-electron chi connectivity index (χ3n) is 1.70. The second-order valence-electron chi connectivity index (χ2n) is 2.74. The number of hydrogen-bond acceptors (Lipinski definition) is 5. The van der Waals surface area contributed by atoms with Gasteiger partial charge >= 0.3 is 0 Å². The molecule has 0 saturated carbocycles. The van der Waals surface area contributed by atoms with E-state index in [-0.39, 0.29) is 0 Å². The molecule has 1 aromatic rings. The number of hydrogen-bond donors (Lipinski definition) is 0. The van der Waals surface area contributed by atoms with Crippen molar-refractivity contribution in [3.63, 3.8) is 0 Å². The lowest BCUT2D eigenvalue weighted by Gasteiger charge is -1.89. The molecule has 0 unspecified atom stereocenters. The minimum absolute atomic E-state index is 0.949. The van der Waals surface area contributed by atoms with Crippen LogP contribution in [0, 0.1) is 0 Å². The van der Waals surface area contributed by atoms with E-state index in [1.165, 1.54) is 5.04 Å². The van der Waals surface area contributed by atoms with Crippen LogP contribution in [0.25, 0.3) is 0 Å². The average Bonchev–Trinajstić information content (AvgIpc) is 2.88. The number of aryl methyl sites for hydroxylation is 1. The van der Waals surface area contributed by atoms with E-state index in [1.807, 2.05) is 30.3 Å². The summed E-state index contributed by atoms with van der Waals surface area (Å²) in [5.74, 6) is 0. The van der Waals surface area contributed by atoms with Gasteiger partial charge in [-0.05, 0) is 12.5 Å². The van der Waals surface area contributed by atoms with Gasteiger partial charge in [-0.3, -0.25) is 4.99 Å². The summed E-state index contributed by atoms with van der Waals surface area (Å²) in [6, 6.07) is 0. The van der Waals surface area contributed by atoms with Gasteiger partial charge < -0.3 is 4.57 Å². The van der Waals surface area contributed by atoms with Gasteiger partial charge in [0.15, 0.2) is 5.16 Å². The van der Waals surface area contributed by atoms with Crippen LogP contribution >= 0.6 is 23.5 Å². The van der Waals surface area contributed by atoms with Gasteiger partial charge in [0.1, 0.15) is 6.33 Å². The smallest absolute Gasteiger partial charge is 0.190 e. The zero-order chi connectivity index (χ0) is 11.1. The van der Waals surface area contributed by atoms with Crippen molar-refractivity contribution in [2.24, 2.45) is 12.0 Å². The van der Waals surface area contributed by atoms with Gasteiger partial charge in [0, 0.05) is 19.7 Å². The molecule has 0 fully saturated rings. The largest absolute Gasteiger partial charge is 0.312 e. The van der Waals surface area contributed by atoms with E-state index < -0.39 is 0 Å². The lowest BCUT2D eigenvalue weighted by Crippen LogP contribution is -1.85. The molecule has 0 atom stereocenters. The number of rotatable bonds is 1. The number of aromatic nitrogens is 3. The zero-order valence-electron chi connectivity index (χ0n) is 9.04. The van der Waals surface area contributed by atoms with E-state index in [4.69, 9.17) is 0 Å². The van der Waals surface area contributed by atoms with Gasteiger partial charge in [-0.1, -0.05) is 17.8 Å². The predicted molar refractivity (Wildman–Crippen MR) is 67.5 cm³/mol. The fraction of sp³-hybridized carbons (Fsp3) is 0.444. The molecule has 0 N–H and O–H groups in total. The van der Waals surface area contributed by atoms with Crippen molar-refractivity contribution in [2.45, 2.75) is 11.6 Å². The minimum Gasteiger partial charge on any atom is -0.312 e. The fourth-order valence-electron chi connectivity index (χ4n) is 0.936. The second-order valence-corrected chi connectivity index (χ2v) is 4.40. The van der Waals surface area contributed by atoms with Gasteiger partial charge in [0.05, 0.1) is 5.04 Å². The Morgan fingerprint density at radius 1 is 1.33 bits per heavy atom. The van der Waals surface area contributed by atoms with Crippen LogP contribution in [0.4, 0.5) is 0 Å². The zero-order valence-corrected chi connectivity index (χ0v) is 10.7. The molecule has 1 aliphatic rings. The molecule has 1 aliphatic heterocycles. The maximum atomic E-state index is 4.05. The Morgan fingerprint density at radius 2 is 2.13 bits per heavy atom. The summed E-state index contributed by atoms with van der Waals surface area (Å²) >= 11 is 3.31. The lowest BCUT2D eigenvalue weighted by atomic mass is 10.5. The highest BCUT2D eigenvalue weighted by Gasteiger charge is 1.95. The normalized spacial score (nSPS) is 13.4. The first-order valence-corrected chi connectivity index (χ1v) is 6.86. The first kappa shape index (κ1) is 12.3. The molecule has 15 heavy (non-hydrogen) atoms. The maximum Gasteiger partial charge on any atom is 0.190 e. The van der Waals surface area contributed by atoms with Crippen molar-refractivity contribution in [2.75, 3.05) is 12.5 Å². The van der Waals surface area contributed by atoms with E-state index in [1.54, 1.807) is 29.9 Å². The maximum absolute atomic E-state index is 4.05. The van der Waals surface area contributed by atoms with Gasteiger partial charge in [-0.2, -0.15) is 0 Å². The van der Waals surface area contributed by atoms with Crippen molar-refractivity contribution >= 4 is 28.6 Å². The Hall–Kier alpha value is -0.750. The number of allylic oxidation sites excluding steroid dienone is 1. The monoisotopic (exact) mass is 242 g/mol. The van der Waals surface area contributed by atoms with Crippen LogP contribution in [0.5, 0.6) is 0 Å². The molecule has 2 rings (SSSR count). The average molecular weight is 242 g/mol. The van der Waals surface area contributed by atoms with E-state index >= 15 is 0 Å². The Morgan fingerprint density at radius 3 is 2.40 bits per heavy atom.